The fourth-order valence-corrected chi connectivity index (χ4v) is 3.36. The maximum Gasteiger partial charge on any atom is 0.289 e. The Balaban J connectivity index is 1.88. The summed E-state index contributed by atoms with van der Waals surface area (Å²) in [6.45, 7) is 1.69. The van der Waals surface area contributed by atoms with Gasteiger partial charge in [-0.3, -0.25) is 9.59 Å². The summed E-state index contributed by atoms with van der Waals surface area (Å²) in [4.78, 5) is 23.7. The zero-order chi connectivity index (χ0) is 21.4. The molecule has 0 bridgehead atoms. The summed E-state index contributed by atoms with van der Waals surface area (Å²) in [5, 5.41) is 2.75. The van der Waals surface area contributed by atoms with Crippen LogP contribution in [0.2, 0.25) is 5.02 Å². The van der Waals surface area contributed by atoms with Gasteiger partial charge in [-0.1, -0.05) is 29.4 Å². The maximum atomic E-state index is 12.7. The van der Waals surface area contributed by atoms with E-state index in [-0.39, 0.29) is 52.1 Å². The normalized spacial score (nSPS) is 10.7. The average Bonchev–Trinajstić information content (AvgIpc) is 2.67. The lowest BCUT2D eigenvalue weighted by molar-refractivity contribution is -0.116. The molecule has 0 saturated heterocycles. The number of halogens is 3. The Hall–Kier alpha value is -2.32. The van der Waals surface area contributed by atoms with Gasteiger partial charge in [0, 0.05) is 12.0 Å². The molecule has 0 atom stereocenters. The van der Waals surface area contributed by atoms with Gasteiger partial charge in [0.2, 0.25) is 5.91 Å². The summed E-state index contributed by atoms with van der Waals surface area (Å²) in [5.74, 6) is -2.19. The summed E-state index contributed by atoms with van der Waals surface area (Å²) in [6, 6.07) is 9.44. The number of hydrogen-bond donors (Lipinski definition) is 1. The minimum absolute atomic E-state index is 0.0862. The standard InChI is InChI=1S/C20H20ClF2NO4S/c1-12(25)13-8-9-16(17(11-13)27-2)28-10-4-7-18(26)24-15-6-3-5-14(21)19(15)29-20(22)23/h3,5-6,8-9,11,20H,4,7,10H2,1-2H3,(H,24,26). The molecule has 29 heavy (non-hydrogen) atoms. The van der Waals surface area contributed by atoms with E-state index in [4.69, 9.17) is 21.1 Å². The molecular weight excluding hydrogens is 424 g/mol. The first-order chi connectivity index (χ1) is 13.8. The van der Waals surface area contributed by atoms with Crippen molar-refractivity contribution in [2.75, 3.05) is 19.0 Å². The maximum absolute atomic E-state index is 12.7. The number of carbonyl (C=O) groups is 2. The highest BCUT2D eigenvalue weighted by Gasteiger charge is 2.15. The first-order valence-electron chi connectivity index (χ1n) is 8.66. The third-order valence-electron chi connectivity index (χ3n) is 3.82. The summed E-state index contributed by atoms with van der Waals surface area (Å²) in [6.07, 6.45) is 0.514. The van der Waals surface area contributed by atoms with Gasteiger partial charge in [0.05, 0.1) is 29.3 Å². The van der Waals surface area contributed by atoms with E-state index >= 15 is 0 Å². The van der Waals surface area contributed by atoms with Crippen molar-refractivity contribution in [2.24, 2.45) is 0 Å². The lowest BCUT2D eigenvalue weighted by atomic mass is 10.1. The van der Waals surface area contributed by atoms with Crippen molar-refractivity contribution >= 4 is 40.7 Å². The highest BCUT2D eigenvalue weighted by atomic mass is 35.5. The number of ether oxygens (including phenoxy) is 2. The van der Waals surface area contributed by atoms with Crippen LogP contribution in [0.5, 0.6) is 11.5 Å². The number of methoxy groups -OCH3 is 1. The van der Waals surface area contributed by atoms with E-state index in [1.54, 1.807) is 24.3 Å². The molecule has 0 fully saturated rings. The van der Waals surface area contributed by atoms with Crippen LogP contribution in [0.15, 0.2) is 41.3 Å². The predicted molar refractivity (Wildman–Crippen MR) is 110 cm³/mol. The summed E-state index contributed by atoms with van der Waals surface area (Å²) in [7, 11) is 1.47. The van der Waals surface area contributed by atoms with Gasteiger partial charge in [-0.15, -0.1) is 0 Å². The molecule has 0 aliphatic rings. The molecule has 2 rings (SSSR count). The average molecular weight is 444 g/mol. The number of carbonyl (C=O) groups excluding carboxylic acids is 2. The van der Waals surface area contributed by atoms with E-state index in [1.165, 1.54) is 26.2 Å². The van der Waals surface area contributed by atoms with Crippen molar-refractivity contribution in [2.45, 2.75) is 30.4 Å². The third kappa shape index (κ3) is 6.90. The number of alkyl halides is 2. The Morgan fingerprint density at radius 1 is 1.21 bits per heavy atom. The Labute approximate surface area is 176 Å². The first kappa shape index (κ1) is 23.0. The Bertz CT molecular complexity index is 880. The SMILES string of the molecule is COc1cc(C(C)=O)ccc1OCCCC(=O)Nc1cccc(Cl)c1SC(F)F. The number of ketones is 1. The minimum Gasteiger partial charge on any atom is -0.493 e. The van der Waals surface area contributed by atoms with Crippen molar-refractivity contribution in [3.8, 4) is 11.5 Å². The topological polar surface area (TPSA) is 64.6 Å². The Morgan fingerprint density at radius 3 is 2.62 bits per heavy atom. The highest BCUT2D eigenvalue weighted by molar-refractivity contribution is 7.99. The molecule has 2 aromatic carbocycles. The molecule has 0 saturated carbocycles. The van der Waals surface area contributed by atoms with Crippen molar-refractivity contribution in [1.29, 1.82) is 0 Å². The predicted octanol–water partition coefficient (Wildman–Crippen LogP) is 5.66. The molecule has 0 heterocycles. The van der Waals surface area contributed by atoms with E-state index in [0.717, 1.165) is 0 Å². The quantitative estimate of drug-likeness (QED) is 0.291. The number of hydrogen-bond acceptors (Lipinski definition) is 5. The van der Waals surface area contributed by atoms with Crippen LogP contribution in [0.25, 0.3) is 0 Å². The molecular formula is C20H20ClF2NO4S. The fourth-order valence-electron chi connectivity index (χ4n) is 2.45. The number of anilines is 1. The minimum atomic E-state index is -2.65. The van der Waals surface area contributed by atoms with Crippen LogP contribution in [-0.4, -0.2) is 31.2 Å². The van der Waals surface area contributed by atoms with E-state index in [2.05, 4.69) is 5.32 Å². The molecule has 2 aromatic rings. The van der Waals surface area contributed by atoms with Crippen molar-refractivity contribution in [3.63, 3.8) is 0 Å². The van der Waals surface area contributed by atoms with Crippen LogP contribution in [0.1, 0.15) is 30.1 Å². The highest BCUT2D eigenvalue weighted by Crippen LogP contribution is 2.37. The molecule has 9 heteroatoms. The summed E-state index contributed by atoms with van der Waals surface area (Å²) >= 11 is 6.24. The largest absolute Gasteiger partial charge is 0.493 e. The molecule has 0 aliphatic heterocycles. The van der Waals surface area contributed by atoms with Crippen LogP contribution < -0.4 is 14.8 Å². The first-order valence-corrected chi connectivity index (χ1v) is 9.92. The second kappa shape index (κ2) is 11.0. The van der Waals surface area contributed by atoms with Gasteiger partial charge < -0.3 is 14.8 Å². The molecule has 0 aliphatic carbocycles. The van der Waals surface area contributed by atoms with Crippen LogP contribution in [-0.2, 0) is 4.79 Å². The second-order valence-electron chi connectivity index (χ2n) is 5.92. The molecule has 0 radical (unpaired) electrons. The Morgan fingerprint density at radius 2 is 1.97 bits per heavy atom. The van der Waals surface area contributed by atoms with E-state index in [0.29, 0.717) is 23.5 Å². The second-order valence-corrected chi connectivity index (χ2v) is 7.32. The van der Waals surface area contributed by atoms with E-state index in [1.807, 2.05) is 0 Å². The van der Waals surface area contributed by atoms with E-state index < -0.39 is 5.76 Å². The number of nitrogens with one attached hydrogen (secondary N) is 1. The molecule has 156 valence electrons. The smallest absolute Gasteiger partial charge is 0.289 e. The molecule has 1 amide bonds. The number of rotatable bonds is 10. The Kier molecular flexibility index (Phi) is 8.72. The van der Waals surface area contributed by atoms with Crippen molar-refractivity contribution in [1.82, 2.24) is 0 Å². The van der Waals surface area contributed by atoms with Gasteiger partial charge in [-0.25, -0.2) is 0 Å². The monoisotopic (exact) mass is 443 g/mol. The van der Waals surface area contributed by atoms with Gasteiger partial charge >= 0.3 is 0 Å². The molecule has 0 aromatic heterocycles. The summed E-state index contributed by atoms with van der Waals surface area (Å²) < 4.78 is 36.2. The molecule has 0 spiro atoms. The number of thioether (sulfide) groups is 1. The molecule has 0 unspecified atom stereocenters. The van der Waals surface area contributed by atoms with Crippen LogP contribution >= 0.6 is 23.4 Å². The van der Waals surface area contributed by atoms with Gasteiger partial charge in [-0.2, -0.15) is 8.78 Å². The summed E-state index contributed by atoms with van der Waals surface area (Å²) in [5.41, 5.74) is 0.753. The zero-order valence-electron chi connectivity index (χ0n) is 15.8. The lowest BCUT2D eigenvalue weighted by Gasteiger charge is -2.13. The van der Waals surface area contributed by atoms with Crippen molar-refractivity contribution in [3.05, 3.63) is 47.0 Å². The van der Waals surface area contributed by atoms with Gasteiger partial charge in [0.25, 0.3) is 5.76 Å². The number of amides is 1. The number of Topliss-reactive ketones (excluding diaryl/α,β-unsaturated/α-hetero) is 1. The van der Waals surface area contributed by atoms with Crippen LogP contribution in [0.4, 0.5) is 14.5 Å². The number of benzene rings is 2. The fraction of sp³-hybridized carbons (Fsp3) is 0.300. The van der Waals surface area contributed by atoms with Gasteiger partial charge in [0.1, 0.15) is 0 Å². The van der Waals surface area contributed by atoms with Crippen molar-refractivity contribution < 1.29 is 27.8 Å². The molecule has 5 nitrogen and oxygen atoms in total. The van der Waals surface area contributed by atoms with E-state index in [9.17, 15) is 18.4 Å². The van der Waals surface area contributed by atoms with Gasteiger partial charge in [0.15, 0.2) is 17.3 Å². The lowest BCUT2D eigenvalue weighted by Crippen LogP contribution is -2.13. The zero-order valence-corrected chi connectivity index (χ0v) is 17.4. The third-order valence-corrected chi connectivity index (χ3v) is 5.10. The van der Waals surface area contributed by atoms with Gasteiger partial charge in [-0.05, 0) is 43.7 Å². The molecule has 1 N–H and O–H groups in total. The van der Waals surface area contributed by atoms with Crippen LogP contribution in [0.3, 0.4) is 0 Å². The van der Waals surface area contributed by atoms with Crippen LogP contribution in [0, 0.1) is 0 Å².